The SMILES string of the molecule is CCCNC(Cc1cccc(Cl)c1Cl)c1cc(C)oc1C. The van der Waals surface area contributed by atoms with E-state index in [1.54, 1.807) is 0 Å². The van der Waals surface area contributed by atoms with Gasteiger partial charge in [0, 0.05) is 11.6 Å². The van der Waals surface area contributed by atoms with E-state index in [-0.39, 0.29) is 6.04 Å². The van der Waals surface area contributed by atoms with Crippen molar-refractivity contribution < 1.29 is 4.42 Å². The van der Waals surface area contributed by atoms with E-state index in [1.807, 2.05) is 32.0 Å². The van der Waals surface area contributed by atoms with Gasteiger partial charge in [0.1, 0.15) is 11.5 Å². The zero-order chi connectivity index (χ0) is 15.4. The Labute approximate surface area is 136 Å². The third kappa shape index (κ3) is 4.03. The van der Waals surface area contributed by atoms with E-state index in [0.29, 0.717) is 10.0 Å². The van der Waals surface area contributed by atoms with Gasteiger partial charge < -0.3 is 9.73 Å². The lowest BCUT2D eigenvalue weighted by Gasteiger charge is -2.19. The number of hydrogen-bond acceptors (Lipinski definition) is 2. The van der Waals surface area contributed by atoms with Crippen LogP contribution < -0.4 is 5.32 Å². The Balaban J connectivity index is 2.28. The summed E-state index contributed by atoms with van der Waals surface area (Å²) in [5, 5.41) is 4.81. The summed E-state index contributed by atoms with van der Waals surface area (Å²) in [6.45, 7) is 7.08. The van der Waals surface area contributed by atoms with Crippen LogP contribution in [0.5, 0.6) is 0 Å². The van der Waals surface area contributed by atoms with Crippen molar-refractivity contribution in [3.05, 3.63) is 57.0 Å². The van der Waals surface area contributed by atoms with Crippen molar-refractivity contribution in [1.29, 1.82) is 0 Å². The van der Waals surface area contributed by atoms with Gasteiger partial charge in [-0.15, -0.1) is 0 Å². The summed E-state index contributed by atoms with van der Waals surface area (Å²) in [7, 11) is 0. The molecule has 21 heavy (non-hydrogen) atoms. The Kier molecular flexibility index (Phi) is 5.74. The fourth-order valence-corrected chi connectivity index (χ4v) is 2.93. The smallest absolute Gasteiger partial charge is 0.105 e. The number of rotatable bonds is 6. The molecule has 0 aliphatic rings. The lowest BCUT2D eigenvalue weighted by Crippen LogP contribution is -2.24. The molecule has 0 spiro atoms. The minimum Gasteiger partial charge on any atom is -0.466 e. The maximum Gasteiger partial charge on any atom is 0.105 e. The monoisotopic (exact) mass is 325 g/mol. The summed E-state index contributed by atoms with van der Waals surface area (Å²) in [5.41, 5.74) is 2.24. The number of nitrogens with one attached hydrogen (secondary N) is 1. The Morgan fingerprint density at radius 1 is 1.24 bits per heavy atom. The highest BCUT2D eigenvalue weighted by atomic mass is 35.5. The highest BCUT2D eigenvalue weighted by Gasteiger charge is 2.19. The molecular formula is C17H21Cl2NO. The van der Waals surface area contributed by atoms with Crippen LogP contribution in [0.25, 0.3) is 0 Å². The molecule has 1 aromatic heterocycles. The third-order valence-electron chi connectivity index (χ3n) is 3.55. The van der Waals surface area contributed by atoms with E-state index < -0.39 is 0 Å². The normalized spacial score (nSPS) is 12.6. The Morgan fingerprint density at radius 3 is 2.62 bits per heavy atom. The maximum absolute atomic E-state index is 6.32. The first-order valence-electron chi connectivity index (χ1n) is 7.26. The van der Waals surface area contributed by atoms with Gasteiger partial charge in [0.15, 0.2) is 0 Å². The summed E-state index contributed by atoms with van der Waals surface area (Å²) in [6.07, 6.45) is 1.87. The van der Waals surface area contributed by atoms with E-state index in [4.69, 9.17) is 27.6 Å². The maximum atomic E-state index is 6.32. The van der Waals surface area contributed by atoms with Crippen molar-refractivity contribution >= 4 is 23.2 Å². The average molecular weight is 326 g/mol. The molecule has 1 atom stereocenters. The highest BCUT2D eigenvalue weighted by molar-refractivity contribution is 6.42. The molecule has 0 aliphatic carbocycles. The molecule has 2 aromatic rings. The lowest BCUT2D eigenvalue weighted by molar-refractivity contribution is 0.480. The summed E-state index contributed by atoms with van der Waals surface area (Å²) < 4.78 is 5.67. The number of aryl methyl sites for hydroxylation is 2. The van der Waals surface area contributed by atoms with Crippen molar-refractivity contribution in [2.24, 2.45) is 0 Å². The topological polar surface area (TPSA) is 25.2 Å². The molecule has 1 aromatic carbocycles. The molecular weight excluding hydrogens is 305 g/mol. The van der Waals surface area contributed by atoms with Gasteiger partial charge in [0.25, 0.3) is 0 Å². The zero-order valence-electron chi connectivity index (χ0n) is 12.7. The van der Waals surface area contributed by atoms with Gasteiger partial charge in [-0.2, -0.15) is 0 Å². The number of benzene rings is 1. The van der Waals surface area contributed by atoms with Crippen LogP contribution in [-0.4, -0.2) is 6.54 Å². The first-order chi connectivity index (χ1) is 10.0. The van der Waals surface area contributed by atoms with Crippen LogP contribution in [0, 0.1) is 13.8 Å². The first-order valence-corrected chi connectivity index (χ1v) is 8.01. The largest absolute Gasteiger partial charge is 0.466 e. The van der Waals surface area contributed by atoms with Gasteiger partial charge in [0.2, 0.25) is 0 Å². The van der Waals surface area contributed by atoms with Crippen molar-refractivity contribution in [2.75, 3.05) is 6.54 Å². The summed E-state index contributed by atoms with van der Waals surface area (Å²) in [6, 6.07) is 8.06. The van der Waals surface area contributed by atoms with Crippen LogP contribution in [0.15, 0.2) is 28.7 Å². The molecule has 0 saturated carbocycles. The first kappa shape index (κ1) is 16.4. The third-order valence-corrected chi connectivity index (χ3v) is 4.41. The van der Waals surface area contributed by atoms with Crippen LogP contribution in [0.4, 0.5) is 0 Å². The molecule has 4 heteroatoms. The van der Waals surface area contributed by atoms with Crippen LogP contribution in [0.3, 0.4) is 0 Å². The van der Waals surface area contributed by atoms with Gasteiger partial charge in [-0.05, 0) is 50.9 Å². The fraction of sp³-hybridized carbons (Fsp3) is 0.412. The van der Waals surface area contributed by atoms with Crippen LogP contribution in [0.1, 0.15) is 42.0 Å². The molecule has 0 aliphatic heterocycles. The molecule has 2 nitrogen and oxygen atoms in total. The van der Waals surface area contributed by atoms with Gasteiger partial charge >= 0.3 is 0 Å². The number of furan rings is 1. The molecule has 0 fully saturated rings. The minimum atomic E-state index is 0.179. The lowest BCUT2D eigenvalue weighted by atomic mass is 9.98. The number of halogens is 2. The Morgan fingerprint density at radius 2 is 2.00 bits per heavy atom. The van der Waals surface area contributed by atoms with Crippen molar-refractivity contribution in [3.63, 3.8) is 0 Å². The average Bonchev–Trinajstić information content (AvgIpc) is 2.78. The number of hydrogen-bond donors (Lipinski definition) is 1. The van der Waals surface area contributed by atoms with E-state index >= 15 is 0 Å². The second-order valence-corrected chi connectivity index (χ2v) is 6.08. The van der Waals surface area contributed by atoms with Crippen LogP contribution in [-0.2, 0) is 6.42 Å². The summed E-state index contributed by atoms with van der Waals surface area (Å²) >= 11 is 12.4. The quantitative estimate of drug-likeness (QED) is 0.759. The van der Waals surface area contributed by atoms with Crippen LogP contribution in [0.2, 0.25) is 10.0 Å². The highest BCUT2D eigenvalue weighted by Crippen LogP contribution is 2.31. The Bertz CT molecular complexity index is 607. The fourth-order valence-electron chi connectivity index (χ4n) is 2.53. The van der Waals surface area contributed by atoms with Gasteiger partial charge in [-0.3, -0.25) is 0 Å². The van der Waals surface area contributed by atoms with E-state index in [0.717, 1.165) is 36.5 Å². The van der Waals surface area contributed by atoms with Gasteiger partial charge in [-0.25, -0.2) is 0 Å². The zero-order valence-corrected chi connectivity index (χ0v) is 14.2. The summed E-state index contributed by atoms with van der Waals surface area (Å²) in [4.78, 5) is 0. The van der Waals surface area contributed by atoms with Gasteiger partial charge in [0.05, 0.1) is 10.0 Å². The van der Waals surface area contributed by atoms with Crippen molar-refractivity contribution in [1.82, 2.24) is 5.32 Å². The van der Waals surface area contributed by atoms with Crippen molar-refractivity contribution in [2.45, 2.75) is 39.7 Å². The molecule has 0 bridgehead atoms. The molecule has 2 rings (SSSR count). The van der Waals surface area contributed by atoms with Crippen LogP contribution >= 0.6 is 23.2 Å². The molecule has 0 saturated heterocycles. The second kappa shape index (κ2) is 7.35. The van der Waals surface area contributed by atoms with Crippen molar-refractivity contribution in [3.8, 4) is 0 Å². The van der Waals surface area contributed by atoms with E-state index in [9.17, 15) is 0 Å². The second-order valence-electron chi connectivity index (χ2n) is 5.29. The van der Waals surface area contributed by atoms with E-state index in [2.05, 4.69) is 18.3 Å². The van der Waals surface area contributed by atoms with Gasteiger partial charge in [-0.1, -0.05) is 42.3 Å². The Hall–Kier alpha value is -0.960. The predicted molar refractivity (Wildman–Crippen MR) is 89.4 cm³/mol. The minimum absolute atomic E-state index is 0.179. The summed E-state index contributed by atoms with van der Waals surface area (Å²) in [5.74, 6) is 1.89. The molecule has 1 unspecified atom stereocenters. The molecule has 1 N–H and O–H groups in total. The molecule has 0 amide bonds. The molecule has 0 radical (unpaired) electrons. The molecule has 114 valence electrons. The molecule has 1 heterocycles. The standard InChI is InChI=1S/C17H21Cl2NO/c1-4-8-20-16(14-9-11(2)21-12(14)3)10-13-6-5-7-15(18)17(13)19/h5-7,9,16,20H,4,8,10H2,1-3H3. The predicted octanol–water partition coefficient (Wildman–Crippen LogP) is 5.49. The van der Waals surface area contributed by atoms with E-state index in [1.165, 1.54) is 5.56 Å².